The van der Waals surface area contributed by atoms with E-state index in [-0.39, 0.29) is 0 Å². The van der Waals surface area contributed by atoms with E-state index in [0.29, 0.717) is 0 Å². The molecule has 0 aliphatic carbocycles. The number of rotatable bonds is 2. The van der Waals surface area contributed by atoms with Gasteiger partial charge in [0.2, 0.25) is 0 Å². The highest BCUT2D eigenvalue weighted by atomic mass is 19.3. The summed E-state index contributed by atoms with van der Waals surface area (Å²) in [5.41, 5.74) is 2.97. The summed E-state index contributed by atoms with van der Waals surface area (Å²) in [6.45, 7) is 0. The normalized spacial score (nSPS) is 10.5. The van der Waals surface area contributed by atoms with E-state index in [2.05, 4.69) is 4.98 Å². The zero-order valence-corrected chi connectivity index (χ0v) is 6.74. The number of aromatic nitrogens is 1. The topological polar surface area (TPSA) is 96.4 Å². The standard InChI is InChI=1S/C7H6F2N2O3/c8-6(9)4-2(10)1-3(12)5(11-4)7(13)14/h1,6,12H,10H2,(H,13,14). The number of hydrogen-bond acceptors (Lipinski definition) is 4. The van der Waals surface area contributed by atoms with Crippen molar-refractivity contribution in [3.8, 4) is 5.75 Å². The molecular weight excluding hydrogens is 198 g/mol. The van der Waals surface area contributed by atoms with Crippen LogP contribution in [0.25, 0.3) is 0 Å². The number of nitrogen functional groups attached to an aromatic ring is 1. The molecule has 7 heteroatoms. The minimum absolute atomic E-state index is 0.442. The largest absolute Gasteiger partial charge is 0.505 e. The van der Waals surface area contributed by atoms with Crippen molar-refractivity contribution in [1.29, 1.82) is 0 Å². The Hall–Kier alpha value is -1.92. The van der Waals surface area contributed by atoms with E-state index in [1.807, 2.05) is 0 Å². The van der Waals surface area contributed by atoms with E-state index >= 15 is 0 Å². The maximum absolute atomic E-state index is 12.2. The Morgan fingerprint density at radius 1 is 1.57 bits per heavy atom. The summed E-state index contributed by atoms with van der Waals surface area (Å²) >= 11 is 0. The third kappa shape index (κ3) is 1.70. The molecule has 0 amide bonds. The average molecular weight is 204 g/mol. The second-order valence-electron chi connectivity index (χ2n) is 2.44. The second kappa shape index (κ2) is 3.44. The van der Waals surface area contributed by atoms with E-state index < -0.39 is 35.2 Å². The van der Waals surface area contributed by atoms with Crippen molar-refractivity contribution in [1.82, 2.24) is 4.98 Å². The third-order valence-corrected chi connectivity index (χ3v) is 1.47. The van der Waals surface area contributed by atoms with Gasteiger partial charge in [-0.2, -0.15) is 0 Å². The van der Waals surface area contributed by atoms with Gasteiger partial charge in [0.25, 0.3) is 6.43 Å². The molecule has 0 aromatic carbocycles. The number of anilines is 1. The molecule has 14 heavy (non-hydrogen) atoms. The van der Waals surface area contributed by atoms with E-state index in [4.69, 9.17) is 15.9 Å². The first-order chi connectivity index (χ1) is 6.43. The fraction of sp³-hybridized carbons (Fsp3) is 0.143. The van der Waals surface area contributed by atoms with Crippen LogP contribution in [-0.4, -0.2) is 21.2 Å². The van der Waals surface area contributed by atoms with E-state index in [1.54, 1.807) is 0 Å². The molecule has 0 aliphatic heterocycles. The molecule has 5 nitrogen and oxygen atoms in total. The summed E-state index contributed by atoms with van der Waals surface area (Å²) in [5.74, 6) is -2.33. The van der Waals surface area contributed by atoms with Crippen molar-refractivity contribution in [3.05, 3.63) is 17.5 Å². The Balaban J connectivity index is 3.34. The van der Waals surface area contributed by atoms with Crippen LogP contribution in [0.5, 0.6) is 5.75 Å². The van der Waals surface area contributed by atoms with Gasteiger partial charge in [-0.1, -0.05) is 0 Å². The van der Waals surface area contributed by atoms with Gasteiger partial charge in [-0.25, -0.2) is 18.6 Å². The number of carbonyl (C=O) groups is 1. The van der Waals surface area contributed by atoms with E-state index in [1.165, 1.54) is 0 Å². The van der Waals surface area contributed by atoms with Gasteiger partial charge in [0.05, 0.1) is 5.69 Å². The number of nitrogens with two attached hydrogens (primary N) is 1. The smallest absolute Gasteiger partial charge is 0.358 e. The summed E-state index contributed by atoms with van der Waals surface area (Å²) < 4.78 is 24.4. The third-order valence-electron chi connectivity index (χ3n) is 1.47. The Morgan fingerprint density at radius 2 is 2.14 bits per heavy atom. The van der Waals surface area contributed by atoms with Gasteiger partial charge >= 0.3 is 5.97 Å². The lowest BCUT2D eigenvalue weighted by Gasteiger charge is -2.06. The predicted octanol–water partition coefficient (Wildman–Crippen LogP) is 1.01. The first-order valence-corrected chi connectivity index (χ1v) is 3.44. The first kappa shape index (κ1) is 10.2. The highest BCUT2D eigenvalue weighted by Gasteiger charge is 2.20. The number of aromatic hydroxyl groups is 1. The number of pyridine rings is 1. The Bertz CT molecular complexity index is 381. The highest BCUT2D eigenvalue weighted by Crippen LogP contribution is 2.27. The molecule has 76 valence electrons. The van der Waals surface area contributed by atoms with Crippen LogP contribution in [-0.2, 0) is 0 Å². The number of carboxylic acid groups (broad SMARTS) is 1. The van der Waals surface area contributed by atoms with E-state index in [0.717, 1.165) is 6.07 Å². The molecule has 4 N–H and O–H groups in total. The summed E-state index contributed by atoms with van der Waals surface area (Å²) in [5, 5.41) is 17.5. The number of alkyl halides is 2. The molecule has 0 bridgehead atoms. The molecular formula is C7H6F2N2O3. The monoisotopic (exact) mass is 204 g/mol. The molecule has 0 saturated carbocycles. The number of hydrogen-bond donors (Lipinski definition) is 3. The van der Waals surface area contributed by atoms with Crippen LogP contribution in [0.1, 0.15) is 22.6 Å². The quantitative estimate of drug-likeness (QED) is 0.667. The molecule has 0 radical (unpaired) electrons. The first-order valence-electron chi connectivity index (χ1n) is 3.44. The molecule has 1 heterocycles. The van der Waals surface area contributed by atoms with Gasteiger partial charge in [-0.3, -0.25) is 0 Å². The van der Waals surface area contributed by atoms with Crippen LogP contribution in [0.2, 0.25) is 0 Å². The average Bonchev–Trinajstić information content (AvgIpc) is 2.02. The van der Waals surface area contributed by atoms with Crippen molar-refractivity contribution in [2.24, 2.45) is 0 Å². The van der Waals surface area contributed by atoms with Crippen molar-refractivity contribution >= 4 is 11.7 Å². The number of aromatic carboxylic acids is 1. The van der Waals surface area contributed by atoms with Crippen molar-refractivity contribution < 1.29 is 23.8 Å². The fourth-order valence-corrected chi connectivity index (χ4v) is 0.864. The molecule has 0 unspecified atom stereocenters. The van der Waals surface area contributed by atoms with Crippen molar-refractivity contribution in [2.45, 2.75) is 6.43 Å². The number of halogens is 2. The van der Waals surface area contributed by atoms with Crippen LogP contribution in [0.3, 0.4) is 0 Å². The van der Waals surface area contributed by atoms with Crippen LogP contribution in [0, 0.1) is 0 Å². The summed E-state index contributed by atoms with van der Waals surface area (Å²) in [6.07, 6.45) is -2.98. The molecule has 1 rings (SSSR count). The second-order valence-corrected chi connectivity index (χ2v) is 2.44. The molecule has 0 saturated heterocycles. The van der Waals surface area contributed by atoms with Crippen molar-refractivity contribution in [3.63, 3.8) is 0 Å². The van der Waals surface area contributed by atoms with E-state index in [9.17, 15) is 13.6 Å². The molecule has 1 aromatic heterocycles. The molecule has 0 atom stereocenters. The zero-order valence-electron chi connectivity index (χ0n) is 6.74. The van der Waals surface area contributed by atoms with Gasteiger partial charge in [0.1, 0.15) is 5.69 Å². The minimum atomic E-state index is -2.98. The van der Waals surface area contributed by atoms with Crippen molar-refractivity contribution in [2.75, 3.05) is 5.73 Å². The van der Waals surface area contributed by atoms with Gasteiger partial charge in [0, 0.05) is 6.07 Å². The number of carboxylic acids is 1. The Labute approximate surface area is 76.8 Å². The summed E-state index contributed by atoms with van der Waals surface area (Å²) in [7, 11) is 0. The summed E-state index contributed by atoms with van der Waals surface area (Å²) in [6, 6.07) is 0.734. The lowest BCUT2D eigenvalue weighted by atomic mass is 10.2. The molecule has 0 fully saturated rings. The molecule has 1 aromatic rings. The number of nitrogens with zero attached hydrogens (tertiary/aromatic N) is 1. The maximum Gasteiger partial charge on any atom is 0.358 e. The lowest BCUT2D eigenvalue weighted by Crippen LogP contribution is -2.06. The van der Waals surface area contributed by atoms with Gasteiger partial charge in [-0.15, -0.1) is 0 Å². The molecule has 0 aliphatic rings. The molecule has 0 spiro atoms. The van der Waals surface area contributed by atoms with Gasteiger partial charge in [0.15, 0.2) is 11.4 Å². The van der Waals surface area contributed by atoms with Gasteiger partial charge in [-0.05, 0) is 0 Å². The van der Waals surface area contributed by atoms with Crippen LogP contribution < -0.4 is 5.73 Å². The van der Waals surface area contributed by atoms with Gasteiger partial charge < -0.3 is 15.9 Å². The Kier molecular flexibility index (Phi) is 2.50. The highest BCUT2D eigenvalue weighted by molar-refractivity contribution is 5.89. The fourth-order valence-electron chi connectivity index (χ4n) is 0.864. The summed E-state index contributed by atoms with van der Waals surface area (Å²) in [4.78, 5) is 13.4. The predicted molar refractivity (Wildman–Crippen MR) is 42.2 cm³/mol. The maximum atomic E-state index is 12.2. The zero-order chi connectivity index (χ0) is 10.9. The Morgan fingerprint density at radius 3 is 2.57 bits per heavy atom. The van der Waals surface area contributed by atoms with Crippen LogP contribution in [0.15, 0.2) is 6.07 Å². The minimum Gasteiger partial charge on any atom is -0.505 e. The van der Waals surface area contributed by atoms with Crippen LogP contribution in [0.4, 0.5) is 14.5 Å². The van der Waals surface area contributed by atoms with Crippen LogP contribution >= 0.6 is 0 Å². The SMILES string of the molecule is Nc1cc(O)c(C(=O)O)nc1C(F)F. The lowest BCUT2D eigenvalue weighted by molar-refractivity contribution is 0.0685.